The molecule has 0 radical (unpaired) electrons. The average molecular weight is 675 g/mol. The van der Waals surface area contributed by atoms with Gasteiger partial charge in [-0.2, -0.15) is 4.98 Å². The summed E-state index contributed by atoms with van der Waals surface area (Å²) in [4.78, 5) is 26.0. The average Bonchev–Trinajstić information content (AvgIpc) is 3.69. The molecule has 4 N–H and O–H groups in total. The Labute approximate surface area is 288 Å². The maximum atomic E-state index is 12.8. The van der Waals surface area contributed by atoms with Gasteiger partial charge in [0, 0.05) is 31.3 Å². The van der Waals surface area contributed by atoms with E-state index in [1.807, 2.05) is 48.9 Å². The number of unbranched alkanes of at least 4 members (excludes halogenated alkanes) is 1. The molecule has 48 heavy (non-hydrogen) atoms. The highest BCUT2D eigenvalue weighted by molar-refractivity contribution is 6.34. The molecule has 1 aliphatic carbocycles. The van der Waals surface area contributed by atoms with Gasteiger partial charge in [-0.05, 0) is 74.6 Å². The number of ether oxygens (including phenoxy) is 2. The van der Waals surface area contributed by atoms with Gasteiger partial charge in [-0.15, -0.1) is 0 Å². The van der Waals surface area contributed by atoms with Crippen molar-refractivity contribution in [3.05, 3.63) is 58.0 Å². The molecule has 10 nitrogen and oxygen atoms in total. The number of anilines is 1. The number of aromatic nitrogens is 3. The van der Waals surface area contributed by atoms with Crippen molar-refractivity contribution in [3.63, 3.8) is 0 Å². The third-order valence-corrected chi connectivity index (χ3v) is 9.14. The van der Waals surface area contributed by atoms with Gasteiger partial charge in [-0.3, -0.25) is 9.79 Å². The van der Waals surface area contributed by atoms with Gasteiger partial charge < -0.3 is 30.2 Å². The smallest absolute Gasteiger partial charge is 0.323 e. The summed E-state index contributed by atoms with van der Waals surface area (Å²) in [5.41, 5.74) is 9.86. The summed E-state index contributed by atoms with van der Waals surface area (Å²) in [5, 5.41) is 14.8. The van der Waals surface area contributed by atoms with Gasteiger partial charge in [0.15, 0.2) is 0 Å². The molecule has 0 spiro atoms. The Bertz CT molecular complexity index is 1700. The quantitative estimate of drug-likeness (QED) is 0.0841. The third-order valence-electron chi connectivity index (χ3n) is 8.86. The number of aliphatic hydroxyl groups excluding tert-OH is 1. The molecule has 1 aromatic carbocycles. The summed E-state index contributed by atoms with van der Waals surface area (Å²) in [6.45, 7) is 9.56. The topological polar surface area (TPSA) is 137 Å². The van der Waals surface area contributed by atoms with Crippen LogP contribution in [-0.4, -0.2) is 56.7 Å². The van der Waals surface area contributed by atoms with Gasteiger partial charge in [-0.1, -0.05) is 56.3 Å². The summed E-state index contributed by atoms with van der Waals surface area (Å²) >= 11 is 6.50. The number of aliphatic imine (C=N–C) groups is 1. The molecule has 2 aromatic heterocycles. The van der Waals surface area contributed by atoms with Gasteiger partial charge in [-0.25, -0.2) is 4.98 Å². The van der Waals surface area contributed by atoms with Crippen LogP contribution < -0.4 is 15.8 Å². The van der Waals surface area contributed by atoms with Crippen LogP contribution in [0.2, 0.25) is 5.15 Å². The zero-order chi connectivity index (χ0) is 34.2. The first-order valence-corrected chi connectivity index (χ1v) is 17.3. The zero-order valence-corrected chi connectivity index (χ0v) is 29.1. The lowest BCUT2D eigenvalue weighted by Gasteiger charge is -2.23. The molecule has 3 heterocycles. The monoisotopic (exact) mass is 674 g/mol. The van der Waals surface area contributed by atoms with Crippen molar-refractivity contribution < 1.29 is 19.4 Å². The summed E-state index contributed by atoms with van der Waals surface area (Å²) in [6.07, 6.45) is 9.46. The number of nitrogen functional groups attached to an aromatic ring is 1. The fourth-order valence-electron chi connectivity index (χ4n) is 6.10. The minimum atomic E-state index is -0.579. The van der Waals surface area contributed by atoms with Crippen LogP contribution >= 0.6 is 11.6 Å². The van der Waals surface area contributed by atoms with Crippen LogP contribution in [0.5, 0.6) is 5.75 Å². The molecule has 1 saturated carbocycles. The Hall–Kier alpha value is -3.91. The molecule has 3 aromatic rings. The highest BCUT2D eigenvalue weighted by atomic mass is 35.5. The summed E-state index contributed by atoms with van der Waals surface area (Å²) in [6, 6.07) is 7.62. The minimum absolute atomic E-state index is 0.0402. The van der Waals surface area contributed by atoms with Crippen LogP contribution in [0.1, 0.15) is 83.8 Å². The lowest BCUT2D eigenvalue weighted by Crippen LogP contribution is -2.40. The van der Waals surface area contributed by atoms with E-state index >= 15 is 0 Å². The highest BCUT2D eigenvalue weighted by Crippen LogP contribution is 2.29. The number of allylic oxidation sites excluding steroid dienone is 1. The van der Waals surface area contributed by atoms with Crippen molar-refractivity contribution in [2.75, 3.05) is 12.3 Å². The van der Waals surface area contributed by atoms with Crippen molar-refractivity contribution in [3.8, 4) is 17.6 Å². The Morgan fingerprint density at radius 3 is 2.69 bits per heavy atom. The lowest BCUT2D eigenvalue weighted by atomic mass is 9.95. The third kappa shape index (κ3) is 9.16. The Kier molecular flexibility index (Phi) is 12.1. The molecule has 2 unspecified atom stereocenters. The summed E-state index contributed by atoms with van der Waals surface area (Å²) in [7, 11) is 0. The first-order chi connectivity index (χ1) is 23.1. The highest BCUT2D eigenvalue weighted by Gasteiger charge is 2.26. The van der Waals surface area contributed by atoms with Crippen LogP contribution in [-0.2, 0) is 22.6 Å². The van der Waals surface area contributed by atoms with E-state index in [2.05, 4.69) is 46.0 Å². The van der Waals surface area contributed by atoms with E-state index < -0.39 is 6.10 Å². The predicted octanol–water partition coefficient (Wildman–Crippen LogP) is 6.22. The molecular weight excluding hydrogens is 628 g/mol. The number of benzene rings is 1. The number of nitrogens with one attached hydrogen (secondary N) is 1. The molecule has 1 fully saturated rings. The molecule has 11 heteroatoms. The molecule has 0 bridgehead atoms. The number of nitrogens with two attached hydrogens (primary N) is 1. The molecular formula is C37H47ClN6O4. The second-order valence-electron chi connectivity index (χ2n) is 13.3. The first-order valence-electron chi connectivity index (χ1n) is 17.0. The number of hydrogen-bond donors (Lipinski definition) is 3. The van der Waals surface area contributed by atoms with E-state index in [1.54, 1.807) is 6.21 Å². The molecule has 5 rings (SSSR count). The molecule has 0 amide bonds. The van der Waals surface area contributed by atoms with Gasteiger partial charge >= 0.3 is 5.97 Å². The molecule has 256 valence electrons. The maximum Gasteiger partial charge on any atom is 0.323 e. The van der Waals surface area contributed by atoms with Crippen LogP contribution in [0.25, 0.3) is 11.0 Å². The lowest BCUT2D eigenvalue weighted by molar-refractivity contribution is -0.151. The van der Waals surface area contributed by atoms with Crippen LogP contribution in [0.3, 0.4) is 0 Å². The van der Waals surface area contributed by atoms with E-state index in [9.17, 15) is 9.90 Å². The Morgan fingerprint density at radius 1 is 1.21 bits per heavy atom. The fourth-order valence-corrected chi connectivity index (χ4v) is 6.37. The van der Waals surface area contributed by atoms with Gasteiger partial charge in [0.25, 0.3) is 0 Å². The van der Waals surface area contributed by atoms with Gasteiger partial charge in [0.2, 0.25) is 5.95 Å². The van der Waals surface area contributed by atoms with Crippen molar-refractivity contribution in [1.82, 2.24) is 19.9 Å². The number of esters is 1. The molecule has 3 atom stereocenters. The van der Waals surface area contributed by atoms with Crippen LogP contribution in [0, 0.1) is 23.7 Å². The van der Waals surface area contributed by atoms with Crippen LogP contribution in [0.15, 0.2) is 46.7 Å². The van der Waals surface area contributed by atoms with Gasteiger partial charge in [0.1, 0.15) is 28.7 Å². The largest absolute Gasteiger partial charge is 0.494 e. The Balaban J connectivity index is 1.13. The van der Waals surface area contributed by atoms with Crippen molar-refractivity contribution in [1.29, 1.82) is 0 Å². The number of aliphatic hydroxyl groups is 1. The number of nitrogens with zero attached hydrogens (tertiary/aromatic N) is 4. The minimum Gasteiger partial charge on any atom is -0.494 e. The first kappa shape index (κ1) is 35.4. The normalized spacial score (nSPS) is 18.7. The number of halogens is 1. The number of carbonyl (C=O) groups is 1. The van der Waals surface area contributed by atoms with Gasteiger partial charge in [0.05, 0.1) is 35.9 Å². The van der Waals surface area contributed by atoms with E-state index in [1.165, 1.54) is 0 Å². The predicted molar refractivity (Wildman–Crippen MR) is 190 cm³/mol. The number of carbonyl (C=O) groups excluding carboxylic acids is 1. The standard InChI is InChI=1S/C37H47ClN6O4/c1-23(2)18-30(36(46)48-29-11-7-8-12-29)41-20-26-13-15-28(16-14-26)47-17-9-5-6-10-27-21-44(35-32(27)34(38)42-37(39)43-35)22-31-25(4)33(45)24(3)19-40-31/h13-16,19,21,23-24,29-30,33,41,45H,5,7-9,11-12,17-18,20,22H2,1-4H3,(H2,39,42,43)/t24?,30-,33?/m0/s1. The Morgan fingerprint density at radius 2 is 1.96 bits per heavy atom. The van der Waals surface area contributed by atoms with Crippen LogP contribution in [0.4, 0.5) is 5.95 Å². The van der Waals surface area contributed by atoms with E-state index in [-0.39, 0.29) is 35.1 Å². The SMILES string of the molecule is CC1=C(Cn2cc(C#CCCCOc3ccc(CN[C@@H](CC(C)C)C(=O)OC4CCCC4)cc3)c3c(Cl)nc(N)nc32)N=CC(C)C1O. The fraction of sp³-hybridized carbons (Fsp3) is 0.514. The molecule has 0 saturated heterocycles. The number of fused-ring (bicyclic) bond motifs is 1. The molecule has 1 aliphatic heterocycles. The van der Waals surface area contributed by atoms with Crippen molar-refractivity contribution >= 4 is 40.8 Å². The van der Waals surface area contributed by atoms with E-state index in [0.29, 0.717) is 48.6 Å². The second-order valence-corrected chi connectivity index (χ2v) is 13.6. The molecule has 2 aliphatic rings. The van der Waals surface area contributed by atoms with E-state index in [4.69, 9.17) is 26.8 Å². The van der Waals surface area contributed by atoms with Crippen molar-refractivity contribution in [2.24, 2.45) is 16.8 Å². The number of hydrogen-bond acceptors (Lipinski definition) is 9. The maximum absolute atomic E-state index is 12.8. The summed E-state index contributed by atoms with van der Waals surface area (Å²) < 4.78 is 13.6. The number of rotatable bonds is 13. The van der Waals surface area contributed by atoms with E-state index in [0.717, 1.165) is 61.1 Å². The zero-order valence-electron chi connectivity index (χ0n) is 28.3. The summed E-state index contributed by atoms with van der Waals surface area (Å²) in [5.74, 6) is 7.52. The second kappa shape index (κ2) is 16.5. The van der Waals surface area contributed by atoms with Crippen molar-refractivity contribution in [2.45, 2.75) is 104 Å².